The van der Waals surface area contributed by atoms with Crippen molar-refractivity contribution >= 4 is 115 Å². The minimum Gasteiger partial charge on any atom is -0.480 e. The SMILES string of the molecule is N#Cc1cccc(N)c1NCCO.N#Cc1cccc([N+](=O)[O-])c1Cl.N#Cc1cccc([N+](=O)[O-])c1NCCO.N#Cc1cccc2ncn(CC(=O)O)c12.N#Cc1cccc2ncn(CCO)c12.NC(=O)c1cccc([N+](=O)[O-])c1Cl.O=C(O)c1cccc([N+](=O)[O-])c1Cl. The van der Waals surface area contributed by atoms with Crippen LogP contribution in [0.5, 0.6) is 0 Å². The third-order valence-corrected chi connectivity index (χ3v) is 12.9. The average Bonchev–Trinajstić information content (AvgIpc) is 1.47. The molecule has 7 aromatic carbocycles. The number of aliphatic carboxylic acids is 1. The van der Waals surface area contributed by atoms with Crippen LogP contribution >= 0.6 is 34.8 Å². The van der Waals surface area contributed by atoms with Gasteiger partial charge in [-0.1, -0.05) is 77.3 Å². The number of nitro benzene ring substituents is 4. The van der Waals surface area contributed by atoms with Gasteiger partial charge < -0.3 is 56.8 Å². The normalized spacial score (nSPS) is 9.61. The highest BCUT2D eigenvalue weighted by Crippen LogP contribution is 2.31. The lowest BCUT2D eigenvalue weighted by atomic mass is 10.1. The maximum absolute atomic E-state index is 10.7. The summed E-state index contributed by atoms with van der Waals surface area (Å²) in [5.41, 5.74) is 15.0. The first kappa shape index (κ1) is 76.3. The van der Waals surface area contributed by atoms with Crippen LogP contribution in [-0.4, -0.2) is 115 Å². The van der Waals surface area contributed by atoms with Crippen LogP contribution in [0.4, 0.5) is 39.8 Å². The van der Waals surface area contributed by atoms with Gasteiger partial charge in [-0.15, -0.1) is 0 Å². The van der Waals surface area contributed by atoms with Crippen molar-refractivity contribution in [3.05, 3.63) is 235 Å². The molecule has 36 heteroatoms. The van der Waals surface area contributed by atoms with E-state index in [2.05, 4.69) is 26.7 Å². The van der Waals surface area contributed by atoms with Gasteiger partial charge >= 0.3 is 11.9 Å². The molecule has 9 rings (SSSR count). The van der Waals surface area contributed by atoms with E-state index in [9.17, 15) is 54.8 Å². The maximum atomic E-state index is 10.7. The number of amides is 1. The number of fused-ring (bicyclic) bond motifs is 2. The van der Waals surface area contributed by atoms with E-state index < -0.39 is 43.2 Å². The number of rotatable bonds is 16. The Morgan fingerprint density at radius 2 is 0.863 bits per heavy atom. The zero-order valence-electron chi connectivity index (χ0n) is 48.6. The predicted octanol–water partition coefficient (Wildman–Crippen LogP) is 8.72. The number of carboxylic acids is 2. The monoisotopic (exact) mass is 1360 g/mol. The van der Waals surface area contributed by atoms with Crippen LogP contribution in [0.2, 0.25) is 15.1 Å². The van der Waals surface area contributed by atoms with E-state index in [0.29, 0.717) is 52.2 Å². The van der Waals surface area contributed by atoms with Crippen LogP contribution in [-0.2, 0) is 17.9 Å². The molecule has 0 bridgehead atoms. The number of aliphatic hydroxyl groups excluding tert-OH is 3. The Kier molecular flexibility index (Phi) is 31.0. The molecule has 0 fully saturated rings. The van der Waals surface area contributed by atoms with Gasteiger partial charge in [0.05, 0.1) is 125 Å². The van der Waals surface area contributed by atoms with Crippen molar-refractivity contribution in [1.29, 1.82) is 26.3 Å². The molecule has 0 radical (unpaired) electrons. The minimum absolute atomic E-state index is 0.0131. The Morgan fingerprint density at radius 1 is 0.495 bits per heavy atom. The highest BCUT2D eigenvalue weighted by Gasteiger charge is 2.21. The van der Waals surface area contributed by atoms with E-state index >= 15 is 0 Å². The summed E-state index contributed by atoms with van der Waals surface area (Å²) in [5.74, 6) is -3.02. The molecule has 0 aliphatic heterocycles. The second kappa shape index (κ2) is 38.6. The molecule has 9 aromatic rings. The van der Waals surface area contributed by atoms with E-state index in [1.54, 1.807) is 65.5 Å². The van der Waals surface area contributed by atoms with Crippen molar-refractivity contribution < 1.29 is 59.6 Å². The summed E-state index contributed by atoms with van der Waals surface area (Å²) in [6.45, 7) is 0.744. The molecule has 11 N–H and O–H groups in total. The molecule has 95 heavy (non-hydrogen) atoms. The topological polar surface area (TPSA) is 556 Å². The van der Waals surface area contributed by atoms with Crippen molar-refractivity contribution in [2.75, 3.05) is 49.3 Å². The number of benzene rings is 7. The molecule has 0 spiro atoms. The highest BCUT2D eigenvalue weighted by atomic mass is 35.5. The van der Waals surface area contributed by atoms with Gasteiger partial charge in [-0.05, 0) is 60.7 Å². The average molecular weight is 1360 g/mol. The number of halogens is 3. The maximum Gasteiger partial charge on any atom is 0.337 e. The first-order valence-electron chi connectivity index (χ1n) is 26.2. The zero-order valence-corrected chi connectivity index (χ0v) is 50.8. The second-order valence-electron chi connectivity index (χ2n) is 17.7. The number of anilines is 3. The Bertz CT molecular complexity index is 4380. The molecule has 0 saturated carbocycles. The number of nitrogens with one attached hydrogen (secondary N) is 2. The van der Waals surface area contributed by atoms with Crippen molar-refractivity contribution in [3.8, 4) is 30.3 Å². The van der Waals surface area contributed by atoms with Gasteiger partial charge in [0.15, 0.2) is 0 Å². The summed E-state index contributed by atoms with van der Waals surface area (Å²) < 4.78 is 3.24. The van der Waals surface area contributed by atoms with E-state index in [0.717, 1.165) is 17.1 Å². The van der Waals surface area contributed by atoms with Gasteiger partial charge in [-0.25, -0.2) is 14.8 Å². The van der Waals surface area contributed by atoms with E-state index in [-0.39, 0.29) is 93.0 Å². The smallest absolute Gasteiger partial charge is 0.337 e. The van der Waals surface area contributed by atoms with Crippen LogP contribution in [0.25, 0.3) is 22.1 Å². The Hall–Kier alpha value is -12.9. The van der Waals surface area contributed by atoms with E-state index in [4.69, 9.17) is 98.1 Å². The van der Waals surface area contributed by atoms with Crippen molar-refractivity contribution in [2.45, 2.75) is 13.1 Å². The van der Waals surface area contributed by atoms with Crippen LogP contribution in [0.3, 0.4) is 0 Å². The summed E-state index contributed by atoms with van der Waals surface area (Å²) in [7, 11) is 0. The number of carbonyl (C=O) groups excluding carboxylic acids is 1. The number of aromatic nitrogens is 4. The number of aliphatic hydroxyl groups is 3. The number of imidazole rings is 2. The fourth-order valence-electron chi connectivity index (χ4n) is 7.60. The highest BCUT2D eigenvalue weighted by molar-refractivity contribution is 6.36. The number of para-hydroxylation sites is 4. The summed E-state index contributed by atoms with van der Waals surface area (Å²) in [4.78, 5) is 79.0. The molecule has 0 unspecified atom stereocenters. The molecule has 33 nitrogen and oxygen atoms in total. The van der Waals surface area contributed by atoms with Crippen LogP contribution < -0.4 is 22.1 Å². The number of hydrogen-bond donors (Lipinski definition) is 9. The van der Waals surface area contributed by atoms with Gasteiger partial charge in [0.2, 0.25) is 5.91 Å². The predicted molar refractivity (Wildman–Crippen MR) is 343 cm³/mol. The minimum atomic E-state index is -1.28. The largest absolute Gasteiger partial charge is 0.480 e. The van der Waals surface area contributed by atoms with Gasteiger partial charge in [0.1, 0.15) is 57.6 Å². The number of nitrogens with zero attached hydrogens (tertiary/aromatic N) is 13. The summed E-state index contributed by atoms with van der Waals surface area (Å²) >= 11 is 16.6. The molecule has 0 atom stereocenters. The number of carbonyl (C=O) groups is 3. The van der Waals surface area contributed by atoms with Crippen LogP contribution in [0.1, 0.15) is 48.5 Å². The molecule has 0 saturated heterocycles. The lowest BCUT2D eigenvalue weighted by Crippen LogP contribution is -2.12. The molecular weight excluding hydrogens is 1310 g/mol. The molecule has 1 amide bonds. The van der Waals surface area contributed by atoms with E-state index in [1.807, 2.05) is 24.3 Å². The van der Waals surface area contributed by atoms with Crippen LogP contribution in [0.15, 0.2) is 140 Å². The van der Waals surface area contributed by atoms with Crippen molar-refractivity contribution in [2.24, 2.45) is 5.73 Å². The lowest BCUT2D eigenvalue weighted by Gasteiger charge is -2.08. The molecular formula is C59H48Cl3N17O16. The number of nitro groups is 4. The molecule has 486 valence electrons. The second-order valence-corrected chi connectivity index (χ2v) is 18.9. The first-order valence-corrected chi connectivity index (χ1v) is 27.3. The van der Waals surface area contributed by atoms with Crippen molar-refractivity contribution in [3.63, 3.8) is 0 Å². The van der Waals surface area contributed by atoms with Crippen molar-refractivity contribution in [1.82, 2.24) is 19.1 Å². The van der Waals surface area contributed by atoms with Gasteiger partial charge in [-0.2, -0.15) is 26.3 Å². The fourth-order valence-corrected chi connectivity index (χ4v) is 8.40. The Balaban J connectivity index is 0.000000289. The third kappa shape index (κ3) is 21.9. The quantitative estimate of drug-likeness (QED) is 0.0248. The first-order chi connectivity index (χ1) is 45.3. The molecule has 0 aliphatic carbocycles. The summed E-state index contributed by atoms with van der Waals surface area (Å²) in [6, 6.07) is 41.2. The summed E-state index contributed by atoms with van der Waals surface area (Å²) in [6.07, 6.45) is 3.07. The Labute approximate surface area is 550 Å². The molecule has 2 aromatic heterocycles. The Morgan fingerprint density at radius 3 is 1.29 bits per heavy atom. The lowest BCUT2D eigenvalue weighted by molar-refractivity contribution is -0.384. The third-order valence-electron chi connectivity index (χ3n) is 11.7. The number of hydrogen-bond acceptors (Lipinski definition) is 24. The van der Waals surface area contributed by atoms with Gasteiger partial charge in [-0.3, -0.25) is 50.0 Å². The standard InChI is InChI=1S/C10H7N3O2.C10H9N3O.C9H9N3O3.C9H11N3O.C7H5ClN2O3.C7H3ClN2O2.C7H4ClNO4/c11-4-7-2-1-3-8-10(7)13(6-12-8)5-9(14)15;11-6-8-2-1-3-9-10(8)13(4-5-14)7-12-9;10-6-7-2-1-3-8(12(14)15)9(7)11-4-5-13;10-6-7-2-1-3-8(11)9(7)12-4-5-13;8-6-4(7(9)11)2-1-3-5(6)10(12)13;8-7-5(4-9)2-1-3-6(7)10(11)12;8-6-4(7(10)11)2-1-3-5(6)9(12)13/h1-3,6H,5H2,(H,14,15);1-3,7,14H,4-5H2;1-3,11,13H,4-5H2;1-3,12-13H,4-5,11H2;1-3H,(H2,9,11);1-3H;1-3H,(H,10,11). The number of nitriles is 5. The number of primary amides is 1. The summed E-state index contributed by atoms with van der Waals surface area (Å²) in [5, 5.41) is 133. The molecule has 2 heterocycles. The van der Waals surface area contributed by atoms with Gasteiger partial charge in [0, 0.05) is 43.9 Å². The number of aromatic carboxylic acids is 1. The number of carboxylic acid groups (broad SMARTS) is 2. The fraction of sp³-hybridized carbons (Fsp3) is 0.119. The number of nitrogen functional groups attached to an aromatic ring is 1. The zero-order chi connectivity index (χ0) is 70.9. The number of nitrogens with two attached hydrogens (primary N) is 2. The molecule has 0 aliphatic rings. The van der Waals surface area contributed by atoms with Gasteiger partial charge in [0.25, 0.3) is 22.7 Å². The van der Waals surface area contributed by atoms with Crippen LogP contribution in [0, 0.1) is 97.1 Å². The van der Waals surface area contributed by atoms with E-state index in [1.165, 1.54) is 77.6 Å².